The van der Waals surface area contributed by atoms with E-state index in [-0.39, 0.29) is 12.7 Å². The summed E-state index contributed by atoms with van der Waals surface area (Å²) in [4.78, 5) is 4.11. The zero-order valence-corrected chi connectivity index (χ0v) is 9.60. The van der Waals surface area contributed by atoms with Gasteiger partial charge in [-0.15, -0.1) is 0 Å². The molecule has 1 N–H and O–H groups in total. The number of aliphatic hydroxyl groups excluding tert-OH is 1. The van der Waals surface area contributed by atoms with Crippen molar-refractivity contribution < 1.29 is 9.84 Å². The Bertz CT molecular complexity index is 282. The second-order valence-electron chi connectivity index (χ2n) is 4.22. The Morgan fingerprint density at radius 2 is 2.07 bits per heavy atom. The van der Waals surface area contributed by atoms with Crippen LogP contribution in [0.15, 0.2) is 18.3 Å². The summed E-state index contributed by atoms with van der Waals surface area (Å²) in [6, 6.07) is 3.62. The van der Waals surface area contributed by atoms with Crippen molar-refractivity contribution in [2.75, 3.05) is 0 Å². The van der Waals surface area contributed by atoms with E-state index < -0.39 is 0 Å². The Balaban J connectivity index is 2.49. The fraction of sp³-hybridized carbons (Fsp3) is 0.583. The molecule has 1 rings (SSSR count). The maximum atomic E-state index is 8.85. The van der Waals surface area contributed by atoms with Crippen molar-refractivity contribution in [3.05, 3.63) is 23.9 Å². The molecule has 3 heteroatoms. The zero-order valence-electron chi connectivity index (χ0n) is 9.60. The van der Waals surface area contributed by atoms with Crippen LogP contribution in [-0.2, 0) is 6.61 Å². The molecule has 1 atom stereocenters. The largest absolute Gasteiger partial charge is 0.475 e. The normalized spacial score (nSPS) is 12.9. The van der Waals surface area contributed by atoms with Crippen LogP contribution in [0.3, 0.4) is 0 Å². The highest BCUT2D eigenvalue weighted by Crippen LogP contribution is 2.13. The molecule has 0 aliphatic heterocycles. The van der Waals surface area contributed by atoms with Gasteiger partial charge >= 0.3 is 0 Å². The van der Waals surface area contributed by atoms with Crippen LogP contribution in [0.25, 0.3) is 0 Å². The van der Waals surface area contributed by atoms with E-state index in [1.54, 1.807) is 12.3 Å². The van der Waals surface area contributed by atoms with Crippen LogP contribution in [0, 0.1) is 5.92 Å². The molecule has 0 spiro atoms. The number of pyridine rings is 1. The summed E-state index contributed by atoms with van der Waals surface area (Å²) in [5.74, 6) is 1.25. The Kier molecular flexibility index (Phi) is 4.56. The van der Waals surface area contributed by atoms with Crippen molar-refractivity contribution >= 4 is 0 Å². The summed E-state index contributed by atoms with van der Waals surface area (Å²) in [7, 11) is 0. The van der Waals surface area contributed by atoms with Crippen LogP contribution < -0.4 is 4.74 Å². The lowest BCUT2D eigenvalue weighted by molar-refractivity contribution is 0.185. The molecule has 1 aromatic rings. The molecule has 0 amide bonds. The van der Waals surface area contributed by atoms with Crippen LogP contribution in [0.4, 0.5) is 0 Å². The summed E-state index contributed by atoms with van der Waals surface area (Å²) >= 11 is 0. The van der Waals surface area contributed by atoms with E-state index in [1.807, 2.05) is 13.0 Å². The predicted molar refractivity (Wildman–Crippen MR) is 59.7 cm³/mol. The minimum absolute atomic E-state index is 0.0226. The van der Waals surface area contributed by atoms with E-state index in [4.69, 9.17) is 9.84 Å². The predicted octanol–water partition coefficient (Wildman–Crippen LogP) is 2.39. The van der Waals surface area contributed by atoms with Gasteiger partial charge in [-0.2, -0.15) is 0 Å². The maximum absolute atomic E-state index is 8.85. The van der Waals surface area contributed by atoms with E-state index >= 15 is 0 Å². The maximum Gasteiger partial charge on any atom is 0.213 e. The van der Waals surface area contributed by atoms with Gasteiger partial charge < -0.3 is 9.84 Å². The van der Waals surface area contributed by atoms with Crippen molar-refractivity contribution in [3.63, 3.8) is 0 Å². The summed E-state index contributed by atoms with van der Waals surface area (Å²) in [6.45, 7) is 6.40. The lowest BCUT2D eigenvalue weighted by Gasteiger charge is -2.15. The molecular formula is C12H19NO2. The number of hydrogen-bond acceptors (Lipinski definition) is 3. The van der Waals surface area contributed by atoms with Gasteiger partial charge in [0.25, 0.3) is 0 Å². The molecular weight excluding hydrogens is 190 g/mol. The molecule has 0 aliphatic rings. The molecule has 3 nitrogen and oxygen atoms in total. The average Bonchev–Trinajstić information content (AvgIpc) is 2.17. The van der Waals surface area contributed by atoms with Gasteiger partial charge in [0.2, 0.25) is 5.88 Å². The molecule has 1 unspecified atom stereocenters. The molecule has 1 aromatic heterocycles. The van der Waals surface area contributed by atoms with E-state index in [2.05, 4.69) is 18.8 Å². The van der Waals surface area contributed by atoms with Crippen LogP contribution in [0.2, 0.25) is 0 Å². The SMILES string of the molecule is CC(C)CC(C)Oc1ccc(CO)cn1. The van der Waals surface area contributed by atoms with Crippen LogP contribution in [-0.4, -0.2) is 16.2 Å². The number of aliphatic hydroxyl groups is 1. The van der Waals surface area contributed by atoms with E-state index in [0.29, 0.717) is 11.8 Å². The molecule has 0 aromatic carbocycles. The standard InChI is InChI=1S/C12H19NO2/c1-9(2)6-10(3)15-12-5-4-11(8-14)7-13-12/h4-5,7,9-10,14H,6,8H2,1-3H3. The average molecular weight is 209 g/mol. The molecule has 0 saturated heterocycles. The van der Waals surface area contributed by atoms with E-state index in [1.165, 1.54) is 0 Å². The van der Waals surface area contributed by atoms with Gasteiger partial charge in [0.05, 0.1) is 12.7 Å². The smallest absolute Gasteiger partial charge is 0.213 e. The second kappa shape index (κ2) is 5.71. The molecule has 0 bridgehead atoms. The Morgan fingerprint density at radius 1 is 1.33 bits per heavy atom. The van der Waals surface area contributed by atoms with Gasteiger partial charge in [-0.05, 0) is 30.9 Å². The Hall–Kier alpha value is -1.09. The minimum Gasteiger partial charge on any atom is -0.475 e. The molecule has 0 saturated carbocycles. The highest BCUT2D eigenvalue weighted by molar-refractivity contribution is 5.17. The number of hydrogen-bond donors (Lipinski definition) is 1. The minimum atomic E-state index is 0.0226. The summed E-state index contributed by atoms with van der Waals surface area (Å²) < 4.78 is 5.63. The van der Waals surface area contributed by atoms with Crippen molar-refractivity contribution in [3.8, 4) is 5.88 Å². The zero-order chi connectivity index (χ0) is 11.3. The third-order valence-corrected chi connectivity index (χ3v) is 2.11. The number of nitrogens with zero attached hydrogens (tertiary/aromatic N) is 1. The number of ether oxygens (including phenoxy) is 1. The van der Waals surface area contributed by atoms with Crippen LogP contribution in [0.1, 0.15) is 32.8 Å². The van der Waals surface area contributed by atoms with Gasteiger partial charge in [0.1, 0.15) is 0 Å². The van der Waals surface area contributed by atoms with Crippen molar-refractivity contribution in [2.24, 2.45) is 5.92 Å². The second-order valence-corrected chi connectivity index (χ2v) is 4.22. The summed E-state index contributed by atoms with van der Waals surface area (Å²) in [5.41, 5.74) is 0.805. The number of aromatic nitrogens is 1. The van der Waals surface area contributed by atoms with Crippen molar-refractivity contribution in [1.29, 1.82) is 0 Å². The third-order valence-electron chi connectivity index (χ3n) is 2.11. The van der Waals surface area contributed by atoms with Gasteiger partial charge in [0.15, 0.2) is 0 Å². The topological polar surface area (TPSA) is 42.4 Å². The first-order valence-corrected chi connectivity index (χ1v) is 5.34. The molecule has 15 heavy (non-hydrogen) atoms. The highest BCUT2D eigenvalue weighted by atomic mass is 16.5. The fourth-order valence-corrected chi connectivity index (χ4v) is 1.49. The van der Waals surface area contributed by atoms with Gasteiger partial charge in [-0.3, -0.25) is 0 Å². The quantitative estimate of drug-likeness (QED) is 0.809. The van der Waals surface area contributed by atoms with E-state index in [0.717, 1.165) is 12.0 Å². The van der Waals surface area contributed by atoms with Crippen LogP contribution >= 0.6 is 0 Å². The van der Waals surface area contributed by atoms with Crippen molar-refractivity contribution in [1.82, 2.24) is 4.98 Å². The van der Waals surface area contributed by atoms with Gasteiger partial charge in [-0.1, -0.05) is 13.8 Å². The first-order valence-electron chi connectivity index (χ1n) is 5.34. The molecule has 0 radical (unpaired) electrons. The lowest BCUT2D eigenvalue weighted by Crippen LogP contribution is -2.15. The Morgan fingerprint density at radius 3 is 2.53 bits per heavy atom. The molecule has 84 valence electrons. The van der Waals surface area contributed by atoms with Crippen molar-refractivity contribution in [2.45, 2.75) is 39.9 Å². The third kappa shape index (κ3) is 4.30. The highest BCUT2D eigenvalue weighted by Gasteiger charge is 2.07. The first kappa shape index (κ1) is 12.0. The van der Waals surface area contributed by atoms with Gasteiger partial charge in [0, 0.05) is 12.3 Å². The lowest BCUT2D eigenvalue weighted by atomic mass is 10.1. The summed E-state index contributed by atoms with van der Waals surface area (Å²) in [5, 5.41) is 8.85. The monoisotopic (exact) mass is 209 g/mol. The molecule has 0 fully saturated rings. The van der Waals surface area contributed by atoms with Gasteiger partial charge in [-0.25, -0.2) is 4.98 Å². The summed E-state index contributed by atoms with van der Waals surface area (Å²) in [6.07, 6.45) is 2.83. The van der Waals surface area contributed by atoms with Crippen LogP contribution in [0.5, 0.6) is 5.88 Å². The molecule has 1 heterocycles. The number of rotatable bonds is 5. The fourth-order valence-electron chi connectivity index (χ4n) is 1.49. The Labute approximate surface area is 91.1 Å². The van der Waals surface area contributed by atoms with E-state index in [9.17, 15) is 0 Å². The molecule has 0 aliphatic carbocycles. The first-order chi connectivity index (χ1) is 7.11.